The van der Waals surface area contributed by atoms with Gasteiger partial charge in [-0.25, -0.2) is 14.4 Å². The van der Waals surface area contributed by atoms with Gasteiger partial charge in [0.2, 0.25) is 11.7 Å². The average molecular weight is 758 g/mol. The molecule has 4 aromatic rings. The zero-order valence-electron chi connectivity index (χ0n) is 31.1. The second-order valence-corrected chi connectivity index (χ2v) is 16.6. The van der Waals surface area contributed by atoms with Gasteiger partial charge < -0.3 is 14.6 Å². The lowest BCUT2D eigenvalue weighted by Gasteiger charge is -2.33. The molecule has 13 heteroatoms. The van der Waals surface area contributed by atoms with E-state index in [1.54, 1.807) is 11.3 Å². The maximum absolute atomic E-state index is 13.9. The number of carboxylic acids is 1. The summed E-state index contributed by atoms with van der Waals surface area (Å²) in [7, 11) is 3.85. The first-order valence-electron chi connectivity index (χ1n) is 18.5. The number of aliphatic carboxylic acids is 1. The molecule has 2 aromatic carbocycles. The van der Waals surface area contributed by atoms with Crippen LogP contribution in [0.3, 0.4) is 0 Å². The predicted octanol–water partition coefficient (Wildman–Crippen LogP) is 6.75. The lowest BCUT2D eigenvalue weighted by atomic mass is 9.81. The van der Waals surface area contributed by atoms with E-state index in [1.165, 1.54) is 0 Å². The van der Waals surface area contributed by atoms with Crippen molar-refractivity contribution in [1.82, 2.24) is 29.2 Å². The highest BCUT2D eigenvalue weighted by Crippen LogP contribution is 2.39. The maximum atomic E-state index is 13.9. The Bertz CT molecular complexity index is 2010. The number of aromatic nitrogens is 3. The molecule has 11 nitrogen and oxygen atoms in total. The van der Waals surface area contributed by atoms with E-state index in [9.17, 15) is 19.5 Å². The van der Waals surface area contributed by atoms with Gasteiger partial charge in [0.25, 0.3) is 0 Å². The molecule has 0 radical (unpaired) electrons. The average Bonchev–Trinajstić information content (AvgIpc) is 3.83. The summed E-state index contributed by atoms with van der Waals surface area (Å²) in [6.07, 6.45) is 4.14. The van der Waals surface area contributed by atoms with Crippen molar-refractivity contribution < 1.29 is 19.5 Å². The first-order valence-corrected chi connectivity index (χ1v) is 19.7. The molecule has 3 aliphatic rings. The van der Waals surface area contributed by atoms with Crippen LogP contribution in [0.15, 0.2) is 42.5 Å². The number of fused-ring (bicyclic) bond motifs is 2. The highest BCUT2D eigenvalue weighted by molar-refractivity contribution is 7.15. The Kier molecular flexibility index (Phi) is 10.8. The molecule has 2 aliphatic heterocycles. The summed E-state index contributed by atoms with van der Waals surface area (Å²) in [5, 5.41) is 10.3. The molecule has 53 heavy (non-hydrogen) atoms. The van der Waals surface area contributed by atoms with Gasteiger partial charge in [0.05, 0.1) is 42.6 Å². The highest BCUT2D eigenvalue weighted by Gasteiger charge is 2.32. The topological polar surface area (TPSA) is 115 Å². The molecule has 0 spiro atoms. The number of benzene rings is 2. The van der Waals surface area contributed by atoms with E-state index < -0.39 is 5.97 Å². The number of amides is 2. The van der Waals surface area contributed by atoms with Crippen molar-refractivity contribution in [2.24, 2.45) is 18.9 Å². The van der Waals surface area contributed by atoms with Crippen LogP contribution in [0.5, 0.6) is 0 Å². The minimum atomic E-state index is -0.676. The molecule has 1 fully saturated rings. The first-order chi connectivity index (χ1) is 25.4. The predicted molar refractivity (Wildman–Crippen MR) is 208 cm³/mol. The van der Waals surface area contributed by atoms with Crippen molar-refractivity contribution in [2.45, 2.75) is 78.6 Å². The minimum Gasteiger partial charge on any atom is -0.481 e. The van der Waals surface area contributed by atoms with Gasteiger partial charge in [-0.3, -0.25) is 24.2 Å². The molecule has 1 saturated carbocycles. The molecule has 2 amide bonds. The normalized spacial score (nSPS) is 18.8. The summed E-state index contributed by atoms with van der Waals surface area (Å²) < 4.78 is 3.04. The van der Waals surface area contributed by atoms with Crippen molar-refractivity contribution in [1.29, 1.82) is 0 Å². The Labute approximate surface area is 320 Å². The quantitative estimate of drug-likeness (QED) is 0.177. The lowest BCUT2D eigenvalue weighted by molar-refractivity contribution is -0.143. The van der Waals surface area contributed by atoms with E-state index >= 15 is 0 Å². The zero-order valence-corrected chi connectivity index (χ0v) is 32.7. The largest absolute Gasteiger partial charge is 0.481 e. The van der Waals surface area contributed by atoms with E-state index in [0.717, 1.165) is 98.8 Å². The highest BCUT2D eigenvalue weighted by atomic mass is 35.5. The minimum absolute atomic E-state index is 0.122. The van der Waals surface area contributed by atoms with Crippen LogP contribution in [0.1, 0.15) is 77.7 Å². The SMILES string of the molecule is Cc1c(-c2cccc(N(Cl)C(=O)c3nc4c(n3C)CCN(CC3CCC(C(=O)O)CC3)C4)c2)cccc1-c1nc2c(s1)CN(C(=O)CN(C)C(C)C)C2. The summed E-state index contributed by atoms with van der Waals surface area (Å²) in [5.41, 5.74) is 7.56. The molecular formula is C40H48ClN7O4S. The number of rotatable bonds is 10. The van der Waals surface area contributed by atoms with Gasteiger partial charge in [-0.2, -0.15) is 0 Å². The number of carbonyl (C=O) groups excluding carboxylic acids is 2. The Morgan fingerprint density at radius 2 is 1.74 bits per heavy atom. The summed E-state index contributed by atoms with van der Waals surface area (Å²) in [4.78, 5) is 55.4. The molecule has 1 N–H and O–H groups in total. The van der Waals surface area contributed by atoms with Crippen molar-refractivity contribution in [3.63, 3.8) is 0 Å². The Balaban J connectivity index is 1.03. The standard InChI is InChI=1S/C40H48ClN7O4S/c1-24(2)44(4)23-36(49)47-21-33-35(22-47)53-38(43-33)31-11-7-10-30(25(31)3)28-8-6-9-29(18-28)48(41)39(50)37-42-32-20-46(17-16-34(32)45(37)5)19-26-12-14-27(15-13-26)40(51)52/h6-11,18,24,26-27H,12-17,19-23H2,1-5H3,(H,51,52). The second kappa shape index (κ2) is 15.3. The maximum Gasteiger partial charge on any atom is 0.308 e. The zero-order chi connectivity index (χ0) is 37.6. The van der Waals surface area contributed by atoms with Gasteiger partial charge in [0.15, 0.2) is 0 Å². The van der Waals surface area contributed by atoms with Gasteiger partial charge >= 0.3 is 11.9 Å². The molecule has 0 saturated heterocycles. The van der Waals surface area contributed by atoms with Crippen LogP contribution >= 0.6 is 23.1 Å². The summed E-state index contributed by atoms with van der Waals surface area (Å²) in [6, 6.07) is 14.2. The van der Waals surface area contributed by atoms with Crippen LogP contribution in [-0.4, -0.2) is 84.8 Å². The van der Waals surface area contributed by atoms with Gasteiger partial charge in [-0.05, 0) is 88.2 Å². The smallest absolute Gasteiger partial charge is 0.308 e. The molecule has 1 aliphatic carbocycles. The third kappa shape index (κ3) is 7.64. The third-order valence-corrected chi connectivity index (χ3v) is 12.9. The third-order valence-electron chi connectivity index (χ3n) is 11.4. The molecule has 7 rings (SSSR count). The van der Waals surface area contributed by atoms with Gasteiger partial charge in [-0.1, -0.05) is 30.3 Å². The van der Waals surface area contributed by atoms with Crippen LogP contribution in [0.4, 0.5) is 5.69 Å². The second-order valence-electron chi connectivity index (χ2n) is 15.2. The van der Waals surface area contributed by atoms with Crippen LogP contribution in [0.2, 0.25) is 0 Å². The van der Waals surface area contributed by atoms with Crippen LogP contribution in [-0.2, 0) is 42.7 Å². The molecule has 2 aromatic heterocycles. The number of hydrogen-bond acceptors (Lipinski definition) is 8. The Hall–Kier alpha value is -4.10. The fraction of sp³-hybridized carbons (Fsp3) is 0.475. The lowest BCUT2D eigenvalue weighted by Crippen LogP contribution is -2.38. The van der Waals surface area contributed by atoms with E-state index in [2.05, 4.69) is 42.7 Å². The first kappa shape index (κ1) is 37.2. The number of likely N-dealkylation sites (N-methyl/N-ethyl adjacent to an activating group) is 1. The number of imidazole rings is 1. The summed E-state index contributed by atoms with van der Waals surface area (Å²) >= 11 is 8.45. The Morgan fingerprint density at radius 1 is 1.00 bits per heavy atom. The van der Waals surface area contributed by atoms with Crippen LogP contribution in [0.25, 0.3) is 21.7 Å². The molecule has 4 heterocycles. The number of thiazole rings is 1. The molecule has 0 atom stereocenters. The van der Waals surface area contributed by atoms with E-state index in [1.807, 2.05) is 53.9 Å². The van der Waals surface area contributed by atoms with Crippen molar-refractivity contribution in [2.75, 3.05) is 31.1 Å². The van der Waals surface area contributed by atoms with Crippen LogP contribution in [0, 0.1) is 18.8 Å². The van der Waals surface area contributed by atoms with Crippen molar-refractivity contribution >= 4 is 46.6 Å². The number of halogens is 1. The molecular weight excluding hydrogens is 710 g/mol. The number of carbonyl (C=O) groups is 3. The fourth-order valence-corrected chi connectivity index (χ4v) is 9.24. The molecule has 0 unspecified atom stereocenters. The van der Waals surface area contributed by atoms with Gasteiger partial charge in [0, 0.05) is 67.1 Å². The molecule has 0 bridgehead atoms. The molecule has 280 valence electrons. The number of nitrogens with zero attached hydrogens (tertiary/aromatic N) is 7. The number of hydrogen-bond donors (Lipinski definition) is 1. The van der Waals surface area contributed by atoms with E-state index in [-0.39, 0.29) is 17.7 Å². The van der Waals surface area contributed by atoms with E-state index in [0.29, 0.717) is 49.7 Å². The Morgan fingerprint density at radius 3 is 2.45 bits per heavy atom. The number of carboxylic acid groups (broad SMARTS) is 1. The van der Waals surface area contributed by atoms with Crippen LogP contribution < -0.4 is 4.42 Å². The van der Waals surface area contributed by atoms with Crippen molar-refractivity contribution in [3.8, 4) is 21.7 Å². The van der Waals surface area contributed by atoms with Crippen molar-refractivity contribution in [3.05, 3.63) is 75.8 Å². The number of anilines is 1. The monoisotopic (exact) mass is 757 g/mol. The van der Waals surface area contributed by atoms with Gasteiger partial charge in [0.1, 0.15) is 5.01 Å². The van der Waals surface area contributed by atoms with E-state index in [4.69, 9.17) is 21.7 Å². The fourth-order valence-electron chi connectivity index (χ4n) is 7.90. The van der Waals surface area contributed by atoms with Gasteiger partial charge in [-0.15, -0.1) is 11.3 Å². The summed E-state index contributed by atoms with van der Waals surface area (Å²) in [5.74, 6) is -0.358. The summed E-state index contributed by atoms with van der Waals surface area (Å²) in [6.45, 7) is 10.2.